The number of fused-ring (bicyclic) bond motifs is 1. The van der Waals surface area contributed by atoms with Crippen molar-refractivity contribution in [3.05, 3.63) is 40.4 Å². The van der Waals surface area contributed by atoms with Gasteiger partial charge in [-0.2, -0.15) is 0 Å². The Bertz CT molecular complexity index is 899. The lowest BCUT2D eigenvalue weighted by Gasteiger charge is -2.07. The van der Waals surface area contributed by atoms with Gasteiger partial charge >= 0.3 is 5.97 Å². The van der Waals surface area contributed by atoms with Gasteiger partial charge in [-0.1, -0.05) is 55.2 Å². The smallest absolute Gasteiger partial charge is 0.341 e. The molecule has 1 fully saturated rings. The molecule has 1 heterocycles. The Morgan fingerprint density at radius 1 is 1.31 bits per heavy atom. The molecule has 0 saturated heterocycles. The SMILES string of the molecule is CCOC(=O)c1c(NC(=O)C2C(C=C(Cl)Cl)C2(C)C)sc2ccccc12. The van der Waals surface area contributed by atoms with Crippen molar-refractivity contribution in [3.8, 4) is 0 Å². The highest BCUT2D eigenvalue weighted by atomic mass is 35.5. The lowest BCUT2D eigenvalue weighted by Crippen LogP contribution is -2.18. The third kappa shape index (κ3) is 3.48. The van der Waals surface area contributed by atoms with E-state index in [-0.39, 0.29) is 34.3 Å². The Morgan fingerprint density at radius 3 is 2.65 bits per heavy atom. The molecule has 1 aliphatic carbocycles. The van der Waals surface area contributed by atoms with Crippen LogP contribution in [0.5, 0.6) is 0 Å². The van der Waals surface area contributed by atoms with Crippen molar-refractivity contribution in [2.45, 2.75) is 20.8 Å². The van der Waals surface area contributed by atoms with Crippen LogP contribution in [0.25, 0.3) is 10.1 Å². The van der Waals surface area contributed by atoms with Gasteiger partial charge in [0, 0.05) is 10.1 Å². The average Bonchev–Trinajstić information content (AvgIpc) is 2.92. The topological polar surface area (TPSA) is 55.4 Å². The minimum absolute atomic E-state index is 0.0343. The molecule has 26 heavy (non-hydrogen) atoms. The second-order valence-electron chi connectivity index (χ2n) is 6.79. The van der Waals surface area contributed by atoms with Gasteiger partial charge in [-0.15, -0.1) is 11.3 Å². The molecule has 4 nitrogen and oxygen atoms in total. The predicted octanol–water partition coefficient (Wildman–Crippen LogP) is 5.61. The lowest BCUT2D eigenvalue weighted by atomic mass is 10.1. The van der Waals surface area contributed by atoms with Crippen LogP contribution in [0.4, 0.5) is 5.00 Å². The van der Waals surface area contributed by atoms with Crippen LogP contribution in [0.15, 0.2) is 34.8 Å². The maximum atomic E-state index is 12.8. The summed E-state index contributed by atoms with van der Waals surface area (Å²) in [5, 5.41) is 4.21. The summed E-state index contributed by atoms with van der Waals surface area (Å²) < 4.78 is 6.26. The number of allylic oxidation sites excluding steroid dienone is 1. The Labute approximate surface area is 166 Å². The van der Waals surface area contributed by atoms with Gasteiger partial charge < -0.3 is 10.1 Å². The first-order valence-corrected chi connectivity index (χ1v) is 9.87. The number of ether oxygens (including phenoxy) is 1. The van der Waals surface area contributed by atoms with Gasteiger partial charge in [0.25, 0.3) is 0 Å². The van der Waals surface area contributed by atoms with Crippen LogP contribution < -0.4 is 5.32 Å². The summed E-state index contributed by atoms with van der Waals surface area (Å²) in [5.41, 5.74) is 0.168. The number of carbonyl (C=O) groups excluding carboxylic acids is 2. The first-order chi connectivity index (χ1) is 12.3. The molecule has 1 saturated carbocycles. The number of rotatable bonds is 5. The van der Waals surface area contributed by atoms with E-state index in [2.05, 4.69) is 5.32 Å². The fraction of sp³-hybridized carbons (Fsp3) is 0.368. The largest absolute Gasteiger partial charge is 0.462 e. The van der Waals surface area contributed by atoms with E-state index >= 15 is 0 Å². The molecular weight excluding hydrogens is 393 g/mol. The maximum absolute atomic E-state index is 12.8. The molecule has 3 rings (SSSR count). The number of nitrogens with one attached hydrogen (secondary N) is 1. The van der Waals surface area contributed by atoms with Crippen LogP contribution in [-0.2, 0) is 9.53 Å². The van der Waals surface area contributed by atoms with Gasteiger partial charge in [0.05, 0.1) is 12.5 Å². The second-order valence-corrected chi connectivity index (χ2v) is 8.85. The van der Waals surface area contributed by atoms with Crippen LogP contribution in [0.1, 0.15) is 31.1 Å². The van der Waals surface area contributed by atoms with Gasteiger partial charge in [-0.25, -0.2) is 4.79 Å². The first-order valence-electron chi connectivity index (χ1n) is 8.29. The molecule has 1 aliphatic rings. The van der Waals surface area contributed by atoms with Crippen LogP contribution >= 0.6 is 34.5 Å². The molecular formula is C19H19Cl2NO3S. The molecule has 0 bridgehead atoms. The van der Waals surface area contributed by atoms with Gasteiger partial charge in [0.2, 0.25) is 5.91 Å². The zero-order valence-electron chi connectivity index (χ0n) is 14.6. The molecule has 1 amide bonds. The van der Waals surface area contributed by atoms with Crippen molar-refractivity contribution in [2.24, 2.45) is 17.3 Å². The molecule has 1 N–H and O–H groups in total. The summed E-state index contributed by atoms with van der Waals surface area (Å²) in [6, 6.07) is 7.52. The van der Waals surface area contributed by atoms with Crippen LogP contribution in [0.3, 0.4) is 0 Å². The van der Waals surface area contributed by atoms with Crippen molar-refractivity contribution in [1.29, 1.82) is 0 Å². The molecule has 2 unspecified atom stereocenters. The minimum Gasteiger partial charge on any atom is -0.462 e. The number of esters is 1. The molecule has 2 atom stereocenters. The average molecular weight is 412 g/mol. The maximum Gasteiger partial charge on any atom is 0.341 e. The Hall–Kier alpha value is -1.56. The number of benzene rings is 1. The molecule has 2 aromatic rings. The fourth-order valence-electron chi connectivity index (χ4n) is 3.35. The minimum atomic E-state index is -0.435. The van der Waals surface area contributed by atoms with Crippen LogP contribution in [0.2, 0.25) is 0 Å². The summed E-state index contributed by atoms with van der Waals surface area (Å²) in [5.74, 6) is -0.873. The molecule has 0 radical (unpaired) electrons. The monoisotopic (exact) mass is 411 g/mol. The van der Waals surface area contributed by atoms with Crippen molar-refractivity contribution in [2.75, 3.05) is 11.9 Å². The number of thiophene rings is 1. The first kappa shape index (κ1) is 19.2. The van der Waals surface area contributed by atoms with Crippen molar-refractivity contribution in [3.63, 3.8) is 0 Å². The van der Waals surface area contributed by atoms with E-state index in [1.807, 2.05) is 38.1 Å². The summed E-state index contributed by atoms with van der Waals surface area (Å²) in [6.45, 7) is 6.01. The summed E-state index contributed by atoms with van der Waals surface area (Å²) in [6.07, 6.45) is 1.70. The number of halogens is 2. The molecule has 0 spiro atoms. The number of amides is 1. The van der Waals surface area contributed by atoms with E-state index in [9.17, 15) is 9.59 Å². The van der Waals surface area contributed by atoms with Gasteiger partial charge in [-0.05, 0) is 30.4 Å². The van der Waals surface area contributed by atoms with E-state index in [1.54, 1.807) is 13.0 Å². The van der Waals surface area contributed by atoms with Crippen LogP contribution in [0, 0.1) is 17.3 Å². The van der Waals surface area contributed by atoms with Crippen molar-refractivity contribution in [1.82, 2.24) is 0 Å². The van der Waals surface area contributed by atoms with Gasteiger partial charge in [0.15, 0.2) is 0 Å². The molecule has 0 aliphatic heterocycles. The Morgan fingerprint density at radius 2 is 2.00 bits per heavy atom. The van der Waals surface area contributed by atoms with E-state index in [4.69, 9.17) is 27.9 Å². The van der Waals surface area contributed by atoms with E-state index in [1.165, 1.54) is 11.3 Å². The quantitative estimate of drug-likeness (QED) is 0.650. The predicted molar refractivity (Wildman–Crippen MR) is 107 cm³/mol. The lowest BCUT2D eigenvalue weighted by molar-refractivity contribution is -0.118. The zero-order valence-corrected chi connectivity index (χ0v) is 17.0. The van der Waals surface area contributed by atoms with Gasteiger partial charge in [0.1, 0.15) is 15.1 Å². The van der Waals surface area contributed by atoms with E-state index in [0.717, 1.165) is 10.1 Å². The Kier molecular flexibility index (Phi) is 5.33. The molecule has 7 heteroatoms. The van der Waals surface area contributed by atoms with E-state index in [0.29, 0.717) is 10.6 Å². The summed E-state index contributed by atoms with van der Waals surface area (Å²) >= 11 is 12.9. The summed E-state index contributed by atoms with van der Waals surface area (Å²) in [4.78, 5) is 25.3. The number of hydrogen-bond donors (Lipinski definition) is 1. The number of anilines is 1. The highest BCUT2D eigenvalue weighted by Crippen LogP contribution is 2.60. The van der Waals surface area contributed by atoms with E-state index < -0.39 is 5.97 Å². The molecule has 1 aromatic carbocycles. The number of hydrogen-bond acceptors (Lipinski definition) is 4. The summed E-state index contributed by atoms with van der Waals surface area (Å²) in [7, 11) is 0. The number of carbonyl (C=O) groups is 2. The second kappa shape index (κ2) is 7.22. The fourth-order valence-corrected chi connectivity index (χ4v) is 4.72. The van der Waals surface area contributed by atoms with Crippen molar-refractivity contribution < 1.29 is 14.3 Å². The highest BCUT2D eigenvalue weighted by molar-refractivity contribution is 7.23. The zero-order chi connectivity index (χ0) is 19.1. The van der Waals surface area contributed by atoms with Crippen LogP contribution in [-0.4, -0.2) is 18.5 Å². The molecule has 1 aromatic heterocycles. The third-order valence-electron chi connectivity index (χ3n) is 4.81. The molecule has 138 valence electrons. The van der Waals surface area contributed by atoms with Gasteiger partial charge in [-0.3, -0.25) is 4.79 Å². The normalized spacial score (nSPS) is 20.5. The van der Waals surface area contributed by atoms with Crippen molar-refractivity contribution >= 4 is 61.5 Å². The standard InChI is InChI=1S/C19H19Cl2NO3S/c1-4-25-18(24)14-10-7-5-6-8-12(10)26-17(14)22-16(23)15-11(9-13(20)21)19(15,2)3/h5-9,11,15H,4H2,1-3H3,(H,22,23). The highest BCUT2D eigenvalue weighted by Gasteiger charge is 2.60. The third-order valence-corrected chi connectivity index (χ3v) is 6.15. The Balaban J connectivity index is 1.92.